The molecule has 26 heavy (non-hydrogen) atoms. The van der Waals surface area contributed by atoms with Gasteiger partial charge in [0.05, 0.1) is 18.0 Å². The number of benzene rings is 2. The summed E-state index contributed by atoms with van der Waals surface area (Å²) in [6.45, 7) is 0. The fourth-order valence-corrected chi connectivity index (χ4v) is 4.06. The summed E-state index contributed by atoms with van der Waals surface area (Å²) < 4.78 is 7.37. The van der Waals surface area contributed by atoms with Crippen LogP contribution >= 0.6 is 23.6 Å². The molecule has 0 fully saturated rings. The van der Waals surface area contributed by atoms with E-state index in [2.05, 4.69) is 10.3 Å². The first kappa shape index (κ1) is 16.5. The number of aromatic amines is 1. The van der Waals surface area contributed by atoms with Crippen molar-refractivity contribution in [2.75, 3.05) is 12.4 Å². The van der Waals surface area contributed by atoms with E-state index in [1.165, 1.54) is 0 Å². The third kappa shape index (κ3) is 2.69. The van der Waals surface area contributed by atoms with Crippen molar-refractivity contribution in [3.8, 4) is 5.75 Å². The van der Waals surface area contributed by atoms with Gasteiger partial charge < -0.3 is 15.0 Å². The van der Waals surface area contributed by atoms with Crippen LogP contribution in [0, 0.1) is 3.95 Å². The summed E-state index contributed by atoms with van der Waals surface area (Å²) in [5, 5.41) is 3.34. The summed E-state index contributed by atoms with van der Waals surface area (Å²) in [6.07, 6.45) is 0. The molecule has 0 aliphatic heterocycles. The zero-order chi connectivity index (χ0) is 18.3. The van der Waals surface area contributed by atoms with Crippen molar-refractivity contribution in [1.29, 1.82) is 0 Å². The van der Waals surface area contributed by atoms with Gasteiger partial charge in [-0.3, -0.25) is 14.0 Å². The lowest BCUT2D eigenvalue weighted by Crippen LogP contribution is -2.14. The highest BCUT2D eigenvalue weighted by Crippen LogP contribution is 2.24. The number of amides is 1. The van der Waals surface area contributed by atoms with Crippen molar-refractivity contribution in [1.82, 2.24) is 9.38 Å². The molecule has 2 N–H and O–H groups in total. The van der Waals surface area contributed by atoms with Crippen molar-refractivity contribution < 1.29 is 9.53 Å². The number of hydrogen-bond donors (Lipinski definition) is 2. The minimum absolute atomic E-state index is 0.260. The van der Waals surface area contributed by atoms with E-state index < -0.39 is 0 Å². The topological polar surface area (TPSA) is 75.6 Å². The standard InChI is InChI=1S/C18H13N3O3S2/c1-24-11-6-4-5-10(9-11)19-17(23)14-15-20-16(22)12-7-2-3-8-13(12)21(15)18(25)26-14/h2-9H,1H3,(H,19,23)(H,20,22). The van der Waals surface area contributed by atoms with Gasteiger partial charge in [-0.25, -0.2) is 0 Å². The monoisotopic (exact) mass is 383 g/mol. The Hall–Kier alpha value is -2.97. The molecule has 2 heterocycles. The number of rotatable bonds is 3. The second-order valence-corrected chi connectivity index (χ2v) is 7.18. The number of nitrogens with zero attached hydrogens (tertiary/aromatic N) is 1. The molecule has 130 valence electrons. The van der Waals surface area contributed by atoms with Gasteiger partial charge in [0.15, 0.2) is 3.95 Å². The minimum Gasteiger partial charge on any atom is -0.497 e. The van der Waals surface area contributed by atoms with Crippen molar-refractivity contribution >= 4 is 51.7 Å². The lowest BCUT2D eigenvalue weighted by atomic mass is 10.2. The average molecular weight is 383 g/mol. The maximum Gasteiger partial charge on any atom is 0.269 e. The van der Waals surface area contributed by atoms with Crippen LogP contribution in [0.15, 0.2) is 53.3 Å². The molecular formula is C18H13N3O3S2. The molecule has 0 aliphatic rings. The predicted molar refractivity (Wildman–Crippen MR) is 105 cm³/mol. The van der Waals surface area contributed by atoms with E-state index in [1.54, 1.807) is 47.9 Å². The van der Waals surface area contributed by atoms with Crippen LogP contribution < -0.4 is 15.6 Å². The van der Waals surface area contributed by atoms with Gasteiger partial charge in [-0.2, -0.15) is 0 Å². The molecule has 1 amide bonds. The largest absolute Gasteiger partial charge is 0.497 e. The summed E-state index contributed by atoms with van der Waals surface area (Å²) >= 11 is 6.58. The number of anilines is 1. The molecule has 4 aromatic rings. The molecule has 0 saturated heterocycles. The van der Waals surface area contributed by atoms with Gasteiger partial charge in [-0.1, -0.05) is 29.5 Å². The van der Waals surface area contributed by atoms with Crippen molar-refractivity contribution in [3.05, 3.63) is 67.7 Å². The number of H-pyrrole nitrogens is 1. The number of ether oxygens (including phenoxy) is 1. The third-order valence-electron chi connectivity index (χ3n) is 3.97. The number of methoxy groups -OCH3 is 1. The predicted octanol–water partition coefficient (Wildman–Crippen LogP) is 3.83. The molecule has 8 heteroatoms. The van der Waals surface area contributed by atoms with Crippen LogP contribution in [0.4, 0.5) is 5.69 Å². The van der Waals surface area contributed by atoms with Crippen LogP contribution in [0.3, 0.4) is 0 Å². The van der Waals surface area contributed by atoms with Gasteiger partial charge in [0.25, 0.3) is 11.5 Å². The number of nitrogens with one attached hydrogen (secondary N) is 2. The van der Waals surface area contributed by atoms with Crippen LogP contribution in [-0.4, -0.2) is 22.4 Å². The number of para-hydroxylation sites is 1. The maximum atomic E-state index is 12.8. The van der Waals surface area contributed by atoms with Crippen LogP contribution in [0.1, 0.15) is 9.67 Å². The van der Waals surface area contributed by atoms with E-state index in [4.69, 9.17) is 17.0 Å². The quantitative estimate of drug-likeness (QED) is 0.527. The van der Waals surface area contributed by atoms with Gasteiger partial charge in [0.1, 0.15) is 16.3 Å². The molecule has 0 spiro atoms. The lowest BCUT2D eigenvalue weighted by Gasteiger charge is -2.06. The molecule has 2 aromatic heterocycles. The Morgan fingerprint density at radius 3 is 2.85 bits per heavy atom. The molecule has 4 rings (SSSR count). The van der Waals surface area contributed by atoms with E-state index in [0.29, 0.717) is 36.8 Å². The Balaban J connectivity index is 1.85. The van der Waals surface area contributed by atoms with Crippen LogP contribution in [0.2, 0.25) is 0 Å². The van der Waals surface area contributed by atoms with Crippen molar-refractivity contribution in [3.63, 3.8) is 0 Å². The summed E-state index contributed by atoms with van der Waals surface area (Å²) in [7, 11) is 1.56. The molecule has 2 aromatic carbocycles. The number of aromatic nitrogens is 2. The highest BCUT2D eigenvalue weighted by Gasteiger charge is 2.18. The van der Waals surface area contributed by atoms with E-state index in [-0.39, 0.29) is 11.5 Å². The summed E-state index contributed by atoms with van der Waals surface area (Å²) in [4.78, 5) is 28.3. The molecular weight excluding hydrogens is 370 g/mol. The van der Waals surface area contributed by atoms with E-state index in [9.17, 15) is 9.59 Å². The number of fused-ring (bicyclic) bond motifs is 3. The minimum atomic E-state index is -0.345. The first-order chi connectivity index (χ1) is 12.6. The highest BCUT2D eigenvalue weighted by molar-refractivity contribution is 7.73. The Kier molecular flexibility index (Phi) is 4.06. The van der Waals surface area contributed by atoms with E-state index in [1.807, 2.05) is 12.1 Å². The summed E-state index contributed by atoms with van der Waals surface area (Å²) in [5.41, 5.74) is 1.40. The molecule has 0 aliphatic carbocycles. The van der Waals surface area contributed by atoms with Gasteiger partial charge in [-0.15, -0.1) is 0 Å². The summed E-state index contributed by atoms with van der Waals surface area (Å²) in [6, 6.07) is 14.2. The van der Waals surface area contributed by atoms with Crippen LogP contribution in [0.25, 0.3) is 16.6 Å². The SMILES string of the molecule is COc1cccc(NC(=O)c2sc(=S)n3c2[nH]c(=O)c2ccccc23)c1. The molecule has 0 unspecified atom stereocenters. The fraction of sp³-hybridized carbons (Fsp3) is 0.0556. The normalized spacial score (nSPS) is 11.0. The number of thiazole rings is 1. The highest BCUT2D eigenvalue weighted by atomic mass is 32.1. The maximum absolute atomic E-state index is 12.8. The second-order valence-electron chi connectivity index (χ2n) is 5.54. The first-order valence-corrected chi connectivity index (χ1v) is 8.93. The third-order valence-corrected chi connectivity index (χ3v) is 5.34. The van der Waals surface area contributed by atoms with Crippen molar-refractivity contribution in [2.45, 2.75) is 0 Å². The summed E-state index contributed by atoms with van der Waals surface area (Å²) in [5.74, 6) is 0.291. The van der Waals surface area contributed by atoms with Gasteiger partial charge in [-0.05, 0) is 36.5 Å². The molecule has 0 bridgehead atoms. The fourth-order valence-electron chi connectivity index (χ4n) is 2.78. The van der Waals surface area contributed by atoms with Crippen LogP contribution in [0.5, 0.6) is 5.75 Å². The zero-order valence-corrected chi connectivity index (χ0v) is 15.2. The average Bonchev–Trinajstić information content (AvgIpc) is 2.99. The lowest BCUT2D eigenvalue weighted by molar-refractivity contribution is 0.103. The Morgan fingerprint density at radius 2 is 2.04 bits per heavy atom. The van der Waals surface area contributed by atoms with Crippen molar-refractivity contribution in [2.24, 2.45) is 0 Å². The first-order valence-electron chi connectivity index (χ1n) is 7.70. The van der Waals surface area contributed by atoms with Gasteiger partial charge in [0, 0.05) is 11.8 Å². The van der Waals surface area contributed by atoms with Crippen LogP contribution in [-0.2, 0) is 0 Å². The molecule has 6 nitrogen and oxygen atoms in total. The molecule has 0 radical (unpaired) electrons. The molecule has 0 atom stereocenters. The van der Waals surface area contributed by atoms with Gasteiger partial charge in [0.2, 0.25) is 0 Å². The van der Waals surface area contributed by atoms with Gasteiger partial charge >= 0.3 is 0 Å². The second kappa shape index (κ2) is 6.40. The van der Waals surface area contributed by atoms with E-state index >= 15 is 0 Å². The number of hydrogen-bond acceptors (Lipinski definition) is 5. The Labute approximate surface area is 156 Å². The Morgan fingerprint density at radius 1 is 1.23 bits per heavy atom. The molecule has 0 saturated carbocycles. The zero-order valence-electron chi connectivity index (χ0n) is 13.6. The van der Waals surface area contributed by atoms with E-state index in [0.717, 1.165) is 11.3 Å². The smallest absolute Gasteiger partial charge is 0.269 e. The Bertz CT molecular complexity index is 1270. The number of carbonyl (C=O) groups excluding carboxylic acids is 1. The number of carbonyl (C=O) groups is 1.